The lowest BCUT2D eigenvalue weighted by molar-refractivity contribution is -0.286. The molecule has 156 valence electrons. The molecule has 5 rings (SSSR count). The summed E-state index contributed by atoms with van der Waals surface area (Å²) < 4.78 is 35.2. The Balaban J connectivity index is 1.15. The molecule has 1 saturated heterocycles. The van der Waals surface area contributed by atoms with Crippen molar-refractivity contribution in [3.8, 4) is 11.5 Å². The third-order valence-electron chi connectivity index (χ3n) is 5.18. The highest BCUT2D eigenvalue weighted by Gasteiger charge is 2.43. The Hall–Kier alpha value is -3.40. The number of alkyl halides is 2. The second-order valence-corrected chi connectivity index (χ2v) is 7.28. The summed E-state index contributed by atoms with van der Waals surface area (Å²) in [5, 5.41) is 2.88. The molecule has 2 aromatic heterocycles. The number of nitrogens with one attached hydrogen (secondary N) is 2. The lowest BCUT2D eigenvalue weighted by atomic mass is 10.1. The summed E-state index contributed by atoms with van der Waals surface area (Å²) in [4.78, 5) is 23.8. The number of rotatable bonds is 3. The van der Waals surface area contributed by atoms with Gasteiger partial charge in [0.15, 0.2) is 11.5 Å². The van der Waals surface area contributed by atoms with Gasteiger partial charge in [0.05, 0.1) is 22.9 Å². The first-order valence-corrected chi connectivity index (χ1v) is 9.55. The summed E-state index contributed by atoms with van der Waals surface area (Å²) >= 11 is 0. The van der Waals surface area contributed by atoms with Crippen LogP contribution in [0.2, 0.25) is 0 Å². The van der Waals surface area contributed by atoms with Gasteiger partial charge in [-0.15, -0.1) is 8.78 Å². The predicted molar refractivity (Wildman–Crippen MR) is 105 cm³/mol. The van der Waals surface area contributed by atoms with Gasteiger partial charge >= 0.3 is 12.3 Å². The van der Waals surface area contributed by atoms with Crippen molar-refractivity contribution in [2.75, 3.05) is 31.5 Å². The van der Waals surface area contributed by atoms with E-state index >= 15 is 0 Å². The van der Waals surface area contributed by atoms with Gasteiger partial charge < -0.3 is 24.7 Å². The van der Waals surface area contributed by atoms with Gasteiger partial charge in [-0.25, -0.2) is 4.79 Å². The molecule has 2 aliphatic heterocycles. The number of aromatic amines is 1. The first-order chi connectivity index (χ1) is 14.4. The van der Waals surface area contributed by atoms with E-state index in [-0.39, 0.29) is 17.5 Å². The number of fused-ring (bicyclic) bond motifs is 2. The summed E-state index contributed by atoms with van der Waals surface area (Å²) in [7, 11) is 0. The smallest absolute Gasteiger partial charge is 0.395 e. The third kappa shape index (κ3) is 3.73. The Labute approximate surface area is 170 Å². The van der Waals surface area contributed by atoms with Gasteiger partial charge in [-0.2, -0.15) is 0 Å². The van der Waals surface area contributed by atoms with Gasteiger partial charge in [-0.3, -0.25) is 9.88 Å². The number of carbonyl (C=O) groups is 1. The Kier molecular flexibility index (Phi) is 4.43. The highest BCUT2D eigenvalue weighted by Crippen LogP contribution is 2.41. The second-order valence-electron chi connectivity index (χ2n) is 7.28. The normalized spacial score (nSPS) is 18.0. The van der Waals surface area contributed by atoms with Gasteiger partial charge in [0.2, 0.25) is 0 Å². The SMILES string of the molecule is O=C(Nc1cnc2cc[nH]c2c1)N1CCN(Cc2ccc3c(c2)OC(F)(F)O3)CC1. The molecule has 0 atom stereocenters. The van der Waals surface area contributed by atoms with Crippen LogP contribution in [-0.2, 0) is 6.54 Å². The van der Waals surface area contributed by atoms with E-state index in [1.165, 1.54) is 6.07 Å². The number of aromatic nitrogens is 2. The minimum Gasteiger partial charge on any atom is -0.395 e. The summed E-state index contributed by atoms with van der Waals surface area (Å²) in [6.45, 7) is 3.04. The Morgan fingerprint density at radius 3 is 2.77 bits per heavy atom. The van der Waals surface area contributed by atoms with Crippen molar-refractivity contribution in [3.63, 3.8) is 0 Å². The summed E-state index contributed by atoms with van der Waals surface area (Å²) in [5.74, 6) is 0.0837. The van der Waals surface area contributed by atoms with Crippen molar-refractivity contribution in [2.45, 2.75) is 12.8 Å². The predicted octanol–water partition coefficient (Wildman–Crippen LogP) is 3.23. The van der Waals surface area contributed by atoms with Crippen LogP contribution < -0.4 is 14.8 Å². The van der Waals surface area contributed by atoms with E-state index in [0.29, 0.717) is 38.4 Å². The van der Waals surface area contributed by atoms with Crippen molar-refractivity contribution in [1.82, 2.24) is 19.8 Å². The van der Waals surface area contributed by atoms with E-state index in [1.807, 2.05) is 12.1 Å². The van der Waals surface area contributed by atoms with Crippen LogP contribution in [0.3, 0.4) is 0 Å². The van der Waals surface area contributed by atoms with E-state index in [2.05, 4.69) is 29.7 Å². The molecule has 0 spiro atoms. The molecule has 1 aromatic carbocycles. The number of ether oxygens (including phenoxy) is 2. The lowest BCUT2D eigenvalue weighted by Gasteiger charge is -2.34. The largest absolute Gasteiger partial charge is 0.586 e. The van der Waals surface area contributed by atoms with Crippen molar-refractivity contribution in [3.05, 3.63) is 48.3 Å². The maximum Gasteiger partial charge on any atom is 0.586 e. The zero-order valence-corrected chi connectivity index (χ0v) is 15.9. The van der Waals surface area contributed by atoms with Crippen molar-refractivity contribution in [2.24, 2.45) is 0 Å². The van der Waals surface area contributed by atoms with Crippen molar-refractivity contribution >= 4 is 22.8 Å². The van der Waals surface area contributed by atoms with Gasteiger partial charge in [-0.1, -0.05) is 6.07 Å². The fourth-order valence-corrected chi connectivity index (χ4v) is 3.66. The molecule has 0 saturated carbocycles. The standard InChI is InChI=1S/C20H19F2N5O3/c21-20(22)29-17-2-1-13(9-18(17)30-20)12-26-5-7-27(8-6-26)19(28)25-14-10-16-15(24-11-14)3-4-23-16/h1-4,9-11,23H,5-8,12H2,(H,25,28). The molecule has 2 aliphatic rings. The number of anilines is 1. The van der Waals surface area contributed by atoms with Crippen LogP contribution >= 0.6 is 0 Å². The molecule has 10 heteroatoms. The monoisotopic (exact) mass is 415 g/mol. The fourth-order valence-electron chi connectivity index (χ4n) is 3.66. The van der Waals surface area contributed by atoms with E-state index < -0.39 is 6.29 Å². The van der Waals surface area contributed by atoms with Crippen LogP contribution in [0.4, 0.5) is 19.3 Å². The lowest BCUT2D eigenvalue weighted by Crippen LogP contribution is -2.49. The quantitative estimate of drug-likeness (QED) is 0.686. The summed E-state index contributed by atoms with van der Waals surface area (Å²) in [5.41, 5.74) is 3.18. The zero-order valence-electron chi connectivity index (χ0n) is 15.9. The number of halogens is 2. The van der Waals surface area contributed by atoms with E-state index in [0.717, 1.165) is 16.6 Å². The maximum atomic E-state index is 13.2. The molecule has 4 heterocycles. The molecule has 0 aliphatic carbocycles. The van der Waals surface area contributed by atoms with E-state index in [1.54, 1.807) is 29.4 Å². The maximum absolute atomic E-state index is 13.2. The average Bonchev–Trinajstić information content (AvgIpc) is 3.30. The Bertz CT molecular complexity index is 1090. The molecular formula is C20H19F2N5O3. The molecule has 3 aromatic rings. The first-order valence-electron chi connectivity index (χ1n) is 9.55. The Morgan fingerprint density at radius 2 is 1.93 bits per heavy atom. The van der Waals surface area contributed by atoms with Gasteiger partial charge in [0.1, 0.15) is 0 Å². The van der Waals surface area contributed by atoms with E-state index in [9.17, 15) is 13.6 Å². The number of amides is 2. The number of H-pyrrole nitrogens is 1. The number of pyridine rings is 1. The molecule has 8 nitrogen and oxygen atoms in total. The number of carbonyl (C=O) groups excluding carboxylic acids is 1. The van der Waals surface area contributed by atoms with Crippen LogP contribution in [0.25, 0.3) is 11.0 Å². The second kappa shape index (κ2) is 7.13. The summed E-state index contributed by atoms with van der Waals surface area (Å²) in [6, 6.07) is 8.34. The molecule has 1 fully saturated rings. The molecule has 30 heavy (non-hydrogen) atoms. The van der Waals surface area contributed by atoms with Crippen LogP contribution in [0.5, 0.6) is 11.5 Å². The number of nitrogens with zero attached hydrogens (tertiary/aromatic N) is 3. The number of piperazine rings is 1. The molecule has 2 amide bonds. The number of hydrogen-bond donors (Lipinski definition) is 2. The van der Waals surface area contributed by atoms with Crippen LogP contribution in [0, 0.1) is 0 Å². The fraction of sp³-hybridized carbons (Fsp3) is 0.300. The van der Waals surface area contributed by atoms with Crippen LogP contribution in [0.1, 0.15) is 5.56 Å². The van der Waals surface area contributed by atoms with Crippen molar-refractivity contribution in [1.29, 1.82) is 0 Å². The number of benzene rings is 1. The molecular weight excluding hydrogens is 396 g/mol. The van der Waals surface area contributed by atoms with E-state index in [4.69, 9.17) is 0 Å². The van der Waals surface area contributed by atoms with Gasteiger partial charge in [0, 0.05) is 38.9 Å². The topological polar surface area (TPSA) is 82.7 Å². The molecule has 2 N–H and O–H groups in total. The zero-order chi connectivity index (χ0) is 20.7. The first kappa shape index (κ1) is 18.6. The summed E-state index contributed by atoms with van der Waals surface area (Å²) in [6.07, 6.45) is -0.178. The van der Waals surface area contributed by atoms with Crippen molar-refractivity contribution < 1.29 is 23.0 Å². The molecule has 0 radical (unpaired) electrons. The van der Waals surface area contributed by atoms with Gasteiger partial charge in [-0.05, 0) is 29.8 Å². The average molecular weight is 415 g/mol. The highest BCUT2D eigenvalue weighted by molar-refractivity contribution is 5.91. The van der Waals surface area contributed by atoms with Crippen LogP contribution in [-0.4, -0.2) is 58.3 Å². The molecule has 0 bridgehead atoms. The third-order valence-corrected chi connectivity index (χ3v) is 5.18. The minimum absolute atomic E-state index is 0.0391. The highest BCUT2D eigenvalue weighted by atomic mass is 19.3. The molecule has 0 unspecified atom stereocenters. The number of hydrogen-bond acceptors (Lipinski definition) is 5. The van der Waals surface area contributed by atoms with Gasteiger partial charge in [0.25, 0.3) is 0 Å². The number of urea groups is 1. The minimum atomic E-state index is -3.61. The van der Waals surface area contributed by atoms with Crippen LogP contribution in [0.15, 0.2) is 42.7 Å². The Morgan fingerprint density at radius 1 is 1.13 bits per heavy atom.